The lowest BCUT2D eigenvalue weighted by Gasteiger charge is -2.24. The van der Waals surface area contributed by atoms with E-state index in [1.165, 1.54) is 10.2 Å². The fourth-order valence-electron chi connectivity index (χ4n) is 4.59. The Bertz CT molecular complexity index is 1660. The van der Waals surface area contributed by atoms with E-state index in [2.05, 4.69) is 21.2 Å². The number of carbonyl (C=O) groups is 1. The average Bonchev–Trinajstić information content (AvgIpc) is 3.29. The van der Waals surface area contributed by atoms with Crippen LogP contribution in [0, 0.1) is 6.92 Å². The van der Waals surface area contributed by atoms with Gasteiger partial charge in [0.05, 0.1) is 16.5 Å². The second-order valence-electron chi connectivity index (χ2n) is 9.05. The van der Waals surface area contributed by atoms with Gasteiger partial charge in [-0.05, 0) is 48.4 Å². The molecule has 0 aliphatic heterocycles. The van der Waals surface area contributed by atoms with E-state index in [1.807, 2.05) is 67.6 Å². The maximum absolute atomic E-state index is 13.7. The van der Waals surface area contributed by atoms with E-state index in [-0.39, 0.29) is 4.90 Å². The summed E-state index contributed by atoms with van der Waals surface area (Å²) >= 11 is 3.46. The summed E-state index contributed by atoms with van der Waals surface area (Å²) in [5, 5.41) is 14.3. The lowest BCUT2D eigenvalue weighted by atomic mass is 9.96. The number of aliphatic carboxylic acids is 1. The molecule has 1 unspecified atom stereocenters. The molecule has 0 fully saturated rings. The zero-order valence-corrected chi connectivity index (χ0v) is 22.9. The number of rotatable bonds is 8. The van der Waals surface area contributed by atoms with E-state index in [9.17, 15) is 18.3 Å². The van der Waals surface area contributed by atoms with Gasteiger partial charge in [-0.3, -0.25) is 10.1 Å². The molecule has 2 N–H and O–H groups in total. The van der Waals surface area contributed by atoms with Crippen molar-refractivity contribution in [3.8, 4) is 0 Å². The number of carboxylic acids is 1. The van der Waals surface area contributed by atoms with Crippen molar-refractivity contribution in [2.45, 2.75) is 23.9 Å². The van der Waals surface area contributed by atoms with Crippen molar-refractivity contribution in [1.82, 2.24) is 9.29 Å². The molecular weight excluding hydrogens is 564 g/mol. The Morgan fingerprint density at radius 1 is 0.868 bits per heavy atom. The maximum atomic E-state index is 13.7. The molecule has 5 rings (SSSR count). The van der Waals surface area contributed by atoms with Gasteiger partial charge in [0, 0.05) is 21.6 Å². The lowest BCUT2D eigenvalue weighted by Crippen LogP contribution is -2.32. The van der Waals surface area contributed by atoms with E-state index >= 15 is 0 Å². The third-order valence-corrected chi connectivity index (χ3v) is 8.68. The summed E-state index contributed by atoms with van der Waals surface area (Å²) in [6, 6.07) is 29.3. The predicted octanol–water partition coefficient (Wildman–Crippen LogP) is 6.45. The second kappa shape index (κ2) is 10.6. The van der Waals surface area contributed by atoms with Crippen LogP contribution < -0.4 is 5.32 Å². The molecule has 8 heteroatoms. The normalized spacial score (nSPS) is 12.6. The molecule has 0 aliphatic rings. The first-order chi connectivity index (χ1) is 18.3. The van der Waals surface area contributed by atoms with E-state index in [0.717, 1.165) is 16.7 Å². The van der Waals surface area contributed by atoms with Crippen molar-refractivity contribution in [3.63, 3.8) is 0 Å². The number of benzene rings is 4. The quantitative estimate of drug-likeness (QED) is 0.217. The number of carboxylic acid groups (broad SMARTS) is 1. The SMILES string of the molecule is Cc1ccc(S(=O)(=O)n2cc(C(NC(c3ccccc3)c3ccccc3)C(=O)O)c3cc(Br)ccc32)cc1. The van der Waals surface area contributed by atoms with Gasteiger partial charge in [-0.25, -0.2) is 12.4 Å². The molecule has 0 saturated heterocycles. The summed E-state index contributed by atoms with van der Waals surface area (Å²) in [6.45, 7) is 1.89. The largest absolute Gasteiger partial charge is 0.480 e. The first-order valence-corrected chi connectivity index (χ1v) is 14.2. The fourth-order valence-corrected chi connectivity index (χ4v) is 6.33. The number of halogens is 1. The van der Waals surface area contributed by atoms with Crippen LogP contribution in [0.4, 0.5) is 0 Å². The molecule has 0 radical (unpaired) electrons. The summed E-state index contributed by atoms with van der Waals surface area (Å²) in [4.78, 5) is 12.9. The summed E-state index contributed by atoms with van der Waals surface area (Å²) in [7, 11) is -3.99. The Morgan fingerprint density at radius 3 is 2.00 bits per heavy atom. The van der Waals surface area contributed by atoms with Crippen LogP contribution in [0.1, 0.15) is 34.3 Å². The van der Waals surface area contributed by atoms with Crippen molar-refractivity contribution in [2.24, 2.45) is 0 Å². The first kappa shape index (κ1) is 25.9. The van der Waals surface area contributed by atoms with Gasteiger partial charge < -0.3 is 5.11 Å². The van der Waals surface area contributed by atoms with Crippen molar-refractivity contribution in [2.75, 3.05) is 0 Å². The Labute approximate surface area is 229 Å². The molecule has 4 aromatic carbocycles. The van der Waals surface area contributed by atoms with Crippen LogP contribution in [-0.4, -0.2) is 23.5 Å². The highest BCUT2D eigenvalue weighted by atomic mass is 79.9. The molecule has 38 heavy (non-hydrogen) atoms. The maximum Gasteiger partial charge on any atom is 0.325 e. The highest BCUT2D eigenvalue weighted by molar-refractivity contribution is 9.10. The minimum absolute atomic E-state index is 0.126. The molecule has 0 spiro atoms. The van der Waals surface area contributed by atoms with E-state index < -0.39 is 28.1 Å². The molecule has 0 saturated carbocycles. The number of aromatic nitrogens is 1. The molecule has 1 aromatic heterocycles. The highest BCUT2D eigenvalue weighted by Crippen LogP contribution is 2.34. The van der Waals surface area contributed by atoms with E-state index in [0.29, 0.717) is 20.9 Å². The molecule has 0 aliphatic carbocycles. The van der Waals surface area contributed by atoms with Gasteiger partial charge in [0.25, 0.3) is 10.0 Å². The second-order valence-corrected chi connectivity index (χ2v) is 11.8. The number of nitrogens with one attached hydrogen (secondary N) is 1. The Kier molecular flexibility index (Phi) is 7.21. The lowest BCUT2D eigenvalue weighted by molar-refractivity contribution is -0.139. The van der Waals surface area contributed by atoms with Crippen molar-refractivity contribution in [3.05, 3.63) is 136 Å². The molecular formula is C30H25BrN2O4S. The minimum atomic E-state index is -3.99. The molecule has 1 atom stereocenters. The van der Waals surface area contributed by atoms with E-state index in [1.54, 1.807) is 42.5 Å². The third kappa shape index (κ3) is 5.03. The zero-order chi connectivity index (χ0) is 26.9. The van der Waals surface area contributed by atoms with Crippen LogP contribution in [0.5, 0.6) is 0 Å². The van der Waals surface area contributed by atoms with Gasteiger partial charge in [-0.2, -0.15) is 0 Å². The van der Waals surface area contributed by atoms with Crippen molar-refractivity contribution < 1.29 is 18.3 Å². The number of hydrogen-bond acceptors (Lipinski definition) is 4. The van der Waals surface area contributed by atoms with Crippen LogP contribution in [-0.2, 0) is 14.8 Å². The van der Waals surface area contributed by atoms with Gasteiger partial charge in [0.2, 0.25) is 0 Å². The van der Waals surface area contributed by atoms with Gasteiger partial charge in [-0.15, -0.1) is 0 Å². The van der Waals surface area contributed by atoms with Gasteiger partial charge >= 0.3 is 5.97 Å². The number of hydrogen-bond donors (Lipinski definition) is 2. The molecule has 5 aromatic rings. The topological polar surface area (TPSA) is 88.4 Å². The minimum Gasteiger partial charge on any atom is -0.480 e. The van der Waals surface area contributed by atoms with Crippen molar-refractivity contribution >= 4 is 42.8 Å². The van der Waals surface area contributed by atoms with Crippen LogP contribution in [0.3, 0.4) is 0 Å². The van der Waals surface area contributed by atoms with Gasteiger partial charge in [0.1, 0.15) is 6.04 Å². The van der Waals surface area contributed by atoms with Gasteiger partial charge in [0.15, 0.2) is 0 Å². The highest BCUT2D eigenvalue weighted by Gasteiger charge is 2.31. The van der Waals surface area contributed by atoms with E-state index in [4.69, 9.17) is 0 Å². The summed E-state index contributed by atoms with van der Waals surface area (Å²) < 4.78 is 29.3. The Hall–Kier alpha value is -3.72. The monoisotopic (exact) mass is 588 g/mol. The van der Waals surface area contributed by atoms with Crippen LogP contribution >= 0.6 is 15.9 Å². The molecule has 192 valence electrons. The fraction of sp³-hybridized carbons (Fsp3) is 0.100. The smallest absolute Gasteiger partial charge is 0.325 e. The summed E-state index contributed by atoms with van der Waals surface area (Å²) in [6.07, 6.45) is 1.42. The number of aryl methyl sites for hydroxylation is 1. The Balaban J connectivity index is 1.67. The zero-order valence-electron chi connectivity index (χ0n) is 20.5. The summed E-state index contributed by atoms with van der Waals surface area (Å²) in [5.74, 6) is -1.12. The average molecular weight is 590 g/mol. The van der Waals surface area contributed by atoms with Crippen LogP contribution in [0.15, 0.2) is 119 Å². The first-order valence-electron chi connectivity index (χ1n) is 12.0. The molecule has 0 bridgehead atoms. The molecule has 6 nitrogen and oxygen atoms in total. The number of fused-ring (bicyclic) bond motifs is 1. The summed E-state index contributed by atoms with van der Waals surface area (Å²) in [5.41, 5.74) is 3.47. The van der Waals surface area contributed by atoms with Crippen LogP contribution in [0.25, 0.3) is 10.9 Å². The number of nitrogens with zero attached hydrogens (tertiary/aromatic N) is 1. The van der Waals surface area contributed by atoms with Crippen molar-refractivity contribution in [1.29, 1.82) is 0 Å². The van der Waals surface area contributed by atoms with Gasteiger partial charge in [-0.1, -0.05) is 94.3 Å². The molecule has 1 heterocycles. The predicted molar refractivity (Wildman–Crippen MR) is 152 cm³/mol. The molecule has 0 amide bonds. The standard InChI is InChI=1S/C30H25BrN2O4S/c1-20-12-15-24(16-13-20)38(36,37)33-19-26(25-18-23(31)14-17-27(25)33)29(30(34)35)32-28(21-8-4-2-5-9-21)22-10-6-3-7-11-22/h2-19,28-29,32H,1H3,(H,34,35). The Morgan fingerprint density at radius 2 is 1.45 bits per heavy atom. The van der Waals surface area contributed by atoms with Crippen LogP contribution in [0.2, 0.25) is 0 Å². The third-order valence-electron chi connectivity index (χ3n) is 6.50.